The molecule has 0 bridgehead atoms. The summed E-state index contributed by atoms with van der Waals surface area (Å²) in [7, 11) is 1.65. The van der Waals surface area contributed by atoms with Gasteiger partial charge in [-0.2, -0.15) is 0 Å². The van der Waals surface area contributed by atoms with Gasteiger partial charge in [-0.25, -0.2) is 4.39 Å². The van der Waals surface area contributed by atoms with Crippen molar-refractivity contribution in [2.75, 3.05) is 43.1 Å². The zero-order chi connectivity index (χ0) is 23.5. The van der Waals surface area contributed by atoms with E-state index in [0.717, 1.165) is 30.8 Å². The lowest BCUT2D eigenvalue weighted by molar-refractivity contribution is -0.125. The zero-order valence-electron chi connectivity index (χ0n) is 19.4. The number of halogens is 1. The number of para-hydroxylation sites is 2. The fourth-order valence-electron chi connectivity index (χ4n) is 5.24. The lowest BCUT2D eigenvalue weighted by atomic mass is 9.83. The molecule has 0 radical (unpaired) electrons. The fourth-order valence-corrected chi connectivity index (χ4v) is 5.24. The van der Waals surface area contributed by atoms with Gasteiger partial charge < -0.3 is 19.9 Å². The van der Waals surface area contributed by atoms with Gasteiger partial charge in [-0.3, -0.25) is 4.79 Å². The quantitative estimate of drug-likeness (QED) is 0.604. The number of nitrogens with one attached hydrogen (secondary N) is 1. The van der Waals surface area contributed by atoms with E-state index in [0.29, 0.717) is 25.2 Å². The van der Waals surface area contributed by atoms with Crippen LogP contribution in [0.5, 0.6) is 5.75 Å². The van der Waals surface area contributed by atoms with Crippen molar-refractivity contribution in [2.24, 2.45) is 5.92 Å². The highest BCUT2D eigenvalue weighted by Crippen LogP contribution is 2.37. The number of carbonyl (C=O) groups is 1. The Morgan fingerprint density at radius 1 is 1.00 bits per heavy atom. The summed E-state index contributed by atoms with van der Waals surface area (Å²) in [4.78, 5) is 17.8. The van der Waals surface area contributed by atoms with Crippen LogP contribution in [-0.2, 0) is 17.6 Å². The molecule has 3 aromatic rings. The largest absolute Gasteiger partial charge is 0.497 e. The average molecular weight is 460 g/mol. The van der Waals surface area contributed by atoms with E-state index in [4.69, 9.17) is 4.74 Å². The number of piperazine rings is 1. The van der Waals surface area contributed by atoms with Crippen molar-refractivity contribution >= 4 is 17.3 Å². The summed E-state index contributed by atoms with van der Waals surface area (Å²) in [5.41, 5.74) is 4.16. The molecule has 1 amide bonds. The minimum atomic E-state index is -0.215. The number of ether oxygens (including phenoxy) is 1. The van der Waals surface area contributed by atoms with Gasteiger partial charge in [-0.1, -0.05) is 42.5 Å². The second kappa shape index (κ2) is 9.75. The smallest absolute Gasteiger partial charge is 0.225 e. The molecule has 3 aromatic carbocycles. The number of amides is 1. The van der Waals surface area contributed by atoms with E-state index in [-0.39, 0.29) is 23.7 Å². The van der Waals surface area contributed by atoms with E-state index in [9.17, 15) is 9.18 Å². The Bertz CT molecular complexity index is 1150. The summed E-state index contributed by atoms with van der Waals surface area (Å²) in [6.07, 6.45) is 1.45. The maximum atomic E-state index is 14.5. The van der Waals surface area contributed by atoms with Crippen molar-refractivity contribution in [3.8, 4) is 5.75 Å². The van der Waals surface area contributed by atoms with Crippen LogP contribution in [0.2, 0.25) is 0 Å². The Morgan fingerprint density at radius 3 is 2.50 bits per heavy atom. The lowest BCUT2D eigenvalue weighted by Gasteiger charge is -2.49. The van der Waals surface area contributed by atoms with Gasteiger partial charge >= 0.3 is 0 Å². The molecule has 5 nitrogen and oxygen atoms in total. The van der Waals surface area contributed by atoms with Crippen molar-refractivity contribution in [3.63, 3.8) is 0 Å². The highest BCUT2D eigenvalue weighted by Gasteiger charge is 2.41. The fraction of sp³-hybridized carbons (Fsp3) is 0.321. The first kappa shape index (κ1) is 22.3. The molecule has 5 rings (SSSR count). The number of benzene rings is 3. The lowest BCUT2D eigenvalue weighted by Crippen LogP contribution is -2.61. The minimum absolute atomic E-state index is 0.00996. The molecule has 2 aliphatic heterocycles. The van der Waals surface area contributed by atoms with Crippen LogP contribution in [-0.4, -0.2) is 45.2 Å². The summed E-state index contributed by atoms with van der Waals surface area (Å²) < 4.78 is 19.7. The molecular weight excluding hydrogens is 429 g/mol. The van der Waals surface area contributed by atoms with Crippen LogP contribution in [0.25, 0.3) is 0 Å². The second-order valence-corrected chi connectivity index (χ2v) is 8.99. The number of hydrogen-bond acceptors (Lipinski definition) is 4. The molecule has 0 aromatic heterocycles. The first-order chi connectivity index (χ1) is 16.6. The maximum absolute atomic E-state index is 14.5. The van der Waals surface area contributed by atoms with Crippen LogP contribution in [0.4, 0.5) is 15.8 Å². The van der Waals surface area contributed by atoms with Gasteiger partial charge in [0.2, 0.25) is 5.91 Å². The molecule has 2 aliphatic rings. The number of hydrogen-bond donors (Lipinski definition) is 1. The molecule has 0 aliphatic carbocycles. The second-order valence-electron chi connectivity index (χ2n) is 8.99. The van der Waals surface area contributed by atoms with E-state index < -0.39 is 0 Å². The number of rotatable bonds is 6. The molecule has 2 heterocycles. The third kappa shape index (κ3) is 4.45. The summed E-state index contributed by atoms with van der Waals surface area (Å²) in [5, 5.41) is 3.17. The molecular formula is C28H30FN3O2. The third-order valence-corrected chi connectivity index (χ3v) is 7.03. The SMILES string of the molecule is COc1ccc(CCNC(=O)[C@@H]2Cc3ccccc3N3CCN(c4ccccc4F)C[C@H]23)cc1. The summed E-state index contributed by atoms with van der Waals surface area (Å²) in [5.74, 6) is 0.479. The molecule has 176 valence electrons. The van der Waals surface area contributed by atoms with Crippen LogP contribution >= 0.6 is 0 Å². The number of methoxy groups -OCH3 is 1. The normalized spacial score (nSPS) is 19.2. The van der Waals surface area contributed by atoms with Crippen molar-refractivity contribution in [3.05, 3.63) is 89.7 Å². The number of anilines is 2. The Hall–Kier alpha value is -3.54. The number of fused-ring (bicyclic) bond motifs is 3. The van der Waals surface area contributed by atoms with E-state index >= 15 is 0 Å². The Kier molecular flexibility index (Phi) is 6.39. The highest BCUT2D eigenvalue weighted by molar-refractivity contribution is 5.82. The van der Waals surface area contributed by atoms with Crippen molar-refractivity contribution in [1.29, 1.82) is 0 Å². The number of carbonyl (C=O) groups excluding carboxylic acids is 1. The molecule has 1 N–H and O–H groups in total. The van der Waals surface area contributed by atoms with Crippen LogP contribution in [0.15, 0.2) is 72.8 Å². The predicted molar refractivity (Wildman–Crippen MR) is 133 cm³/mol. The van der Waals surface area contributed by atoms with Gasteiger partial charge in [-0.15, -0.1) is 0 Å². The molecule has 1 fully saturated rings. The molecule has 0 unspecified atom stereocenters. The Labute approximate surface area is 200 Å². The topological polar surface area (TPSA) is 44.8 Å². The van der Waals surface area contributed by atoms with Crippen LogP contribution in [0, 0.1) is 11.7 Å². The van der Waals surface area contributed by atoms with E-state index in [1.54, 1.807) is 13.2 Å². The van der Waals surface area contributed by atoms with Crippen LogP contribution in [0.3, 0.4) is 0 Å². The van der Waals surface area contributed by atoms with Crippen molar-refractivity contribution in [2.45, 2.75) is 18.9 Å². The highest BCUT2D eigenvalue weighted by atomic mass is 19.1. The summed E-state index contributed by atoms with van der Waals surface area (Å²) in [6, 6.07) is 23.2. The minimum Gasteiger partial charge on any atom is -0.497 e. The Morgan fingerprint density at radius 2 is 1.74 bits per heavy atom. The molecule has 1 saturated heterocycles. The van der Waals surface area contributed by atoms with Crippen molar-refractivity contribution < 1.29 is 13.9 Å². The van der Waals surface area contributed by atoms with Gasteiger partial charge in [0.25, 0.3) is 0 Å². The third-order valence-electron chi connectivity index (χ3n) is 7.03. The molecule has 6 heteroatoms. The maximum Gasteiger partial charge on any atom is 0.225 e. The summed E-state index contributed by atoms with van der Waals surface area (Å²) in [6.45, 7) is 2.67. The summed E-state index contributed by atoms with van der Waals surface area (Å²) >= 11 is 0. The number of nitrogens with zero attached hydrogens (tertiary/aromatic N) is 2. The molecule has 2 atom stereocenters. The van der Waals surface area contributed by atoms with Gasteiger partial charge in [0, 0.05) is 31.9 Å². The van der Waals surface area contributed by atoms with Crippen LogP contribution in [0.1, 0.15) is 11.1 Å². The monoisotopic (exact) mass is 459 g/mol. The first-order valence-corrected chi connectivity index (χ1v) is 11.9. The first-order valence-electron chi connectivity index (χ1n) is 11.9. The van der Waals surface area contributed by atoms with Gasteiger partial charge in [-0.05, 0) is 54.3 Å². The van der Waals surface area contributed by atoms with Crippen molar-refractivity contribution in [1.82, 2.24) is 5.32 Å². The van der Waals surface area contributed by atoms with Gasteiger partial charge in [0.05, 0.1) is 24.8 Å². The van der Waals surface area contributed by atoms with E-state index in [1.165, 1.54) is 17.3 Å². The van der Waals surface area contributed by atoms with Crippen LogP contribution < -0.4 is 19.9 Å². The zero-order valence-corrected chi connectivity index (χ0v) is 19.4. The van der Waals surface area contributed by atoms with Gasteiger partial charge in [0.1, 0.15) is 11.6 Å². The van der Waals surface area contributed by atoms with E-state index in [2.05, 4.69) is 27.2 Å². The molecule has 0 saturated carbocycles. The average Bonchev–Trinajstić information content (AvgIpc) is 2.88. The molecule has 0 spiro atoms. The standard InChI is InChI=1S/C28H30FN3O2/c1-34-22-12-10-20(11-13-22)14-15-30-28(33)23-18-21-6-2-4-8-25(21)32-17-16-31(19-27(23)32)26-9-5-3-7-24(26)29/h2-13,23,27H,14-19H2,1H3,(H,30,33)/t23-,27-/m1/s1. The van der Waals surface area contributed by atoms with E-state index in [1.807, 2.05) is 48.5 Å². The predicted octanol–water partition coefficient (Wildman–Crippen LogP) is 4.06. The Balaban J connectivity index is 1.32. The molecule has 34 heavy (non-hydrogen) atoms. The van der Waals surface area contributed by atoms with Gasteiger partial charge in [0.15, 0.2) is 0 Å².